The molecule has 160 valence electrons. The summed E-state index contributed by atoms with van der Waals surface area (Å²) in [5, 5.41) is 0. The van der Waals surface area contributed by atoms with Crippen molar-refractivity contribution in [3.8, 4) is 0 Å². The molecule has 0 saturated carbocycles. The van der Waals surface area contributed by atoms with Gasteiger partial charge >= 0.3 is 0 Å². The first-order chi connectivity index (χ1) is 13.3. The molecule has 0 unspecified atom stereocenters. The lowest BCUT2D eigenvalue weighted by atomic mass is 10.0. The number of carbonyl (C=O) groups is 1. The second-order valence-corrected chi connectivity index (χ2v) is 17.8. The van der Waals surface area contributed by atoms with Gasteiger partial charge in [0, 0.05) is 77.5 Å². The van der Waals surface area contributed by atoms with Crippen molar-refractivity contribution in [3.05, 3.63) is 0 Å². The maximum absolute atomic E-state index is 12.2. The minimum Gasteiger partial charge on any atom is -0.273 e. The van der Waals surface area contributed by atoms with E-state index in [0.29, 0.717) is 6.42 Å². The third-order valence-corrected chi connectivity index (χ3v) is 17.6. The summed E-state index contributed by atoms with van der Waals surface area (Å²) in [5.41, 5.74) is 0. The molecular formula is C18H35NOS7. The van der Waals surface area contributed by atoms with Gasteiger partial charge in [0.1, 0.15) is 0 Å². The van der Waals surface area contributed by atoms with Crippen molar-refractivity contribution in [2.45, 2.75) is 110 Å². The van der Waals surface area contributed by atoms with Crippen LogP contribution in [0.15, 0.2) is 0 Å². The van der Waals surface area contributed by atoms with Crippen LogP contribution in [0.5, 0.6) is 0 Å². The maximum Gasteiger partial charge on any atom is 0.244 e. The Morgan fingerprint density at radius 2 is 0.926 bits per heavy atom. The van der Waals surface area contributed by atoms with E-state index in [4.69, 9.17) is 0 Å². The van der Waals surface area contributed by atoms with Gasteiger partial charge in [0.2, 0.25) is 5.91 Å². The van der Waals surface area contributed by atoms with Crippen LogP contribution in [0.4, 0.5) is 0 Å². The Morgan fingerprint density at radius 1 is 0.556 bits per heavy atom. The molecule has 0 aromatic rings. The molecule has 27 heavy (non-hydrogen) atoms. The molecule has 0 aliphatic carbocycles. The van der Waals surface area contributed by atoms with Gasteiger partial charge in [0.05, 0.1) is 0 Å². The van der Waals surface area contributed by atoms with Gasteiger partial charge < -0.3 is 0 Å². The molecule has 1 saturated heterocycles. The number of carbonyl (C=O) groups excluding carboxylic acids is 1. The molecule has 2 nitrogen and oxygen atoms in total. The highest BCUT2D eigenvalue weighted by Gasteiger charge is 2.18. The SMILES string of the molecule is CCCCCCCCCCCCCCCCCC(=O)N1SSSSSSS1. The Kier molecular flexibility index (Phi) is 21.1. The van der Waals surface area contributed by atoms with E-state index in [0.717, 1.165) is 6.42 Å². The summed E-state index contributed by atoms with van der Waals surface area (Å²) in [5.74, 6) is 0.271. The molecule has 0 radical (unpaired) electrons. The second kappa shape index (κ2) is 21.2. The van der Waals surface area contributed by atoms with Gasteiger partial charge in [-0.1, -0.05) is 96.8 Å². The van der Waals surface area contributed by atoms with Crippen molar-refractivity contribution >= 4 is 77.0 Å². The number of hydrogen-bond acceptors (Lipinski definition) is 8. The number of unbranched alkanes of at least 4 members (excludes halogenated alkanes) is 14. The van der Waals surface area contributed by atoms with Gasteiger partial charge in [0.15, 0.2) is 0 Å². The number of hydrogen-bond donors (Lipinski definition) is 0. The first-order valence-electron chi connectivity index (χ1n) is 10.4. The lowest BCUT2D eigenvalue weighted by Gasteiger charge is -2.18. The fourth-order valence-electron chi connectivity index (χ4n) is 2.95. The minimum atomic E-state index is 0.271. The molecule has 1 fully saturated rings. The van der Waals surface area contributed by atoms with Crippen LogP contribution < -0.4 is 0 Å². The molecule has 0 N–H and O–H groups in total. The van der Waals surface area contributed by atoms with Crippen LogP contribution in [0.3, 0.4) is 0 Å². The molecule has 0 atom stereocenters. The molecule has 9 heteroatoms. The fraction of sp³-hybridized carbons (Fsp3) is 0.944. The van der Waals surface area contributed by atoms with E-state index in [2.05, 4.69) is 6.92 Å². The Morgan fingerprint density at radius 3 is 1.37 bits per heavy atom. The highest BCUT2D eigenvalue weighted by atomic mass is 33.9. The standard InChI is InChI=1S/C18H35NOS7/c1-2-3-4-5-6-7-8-9-10-11-12-13-14-15-16-17-18(20)19-21-23-25-27-26-24-22-19/h2-17H2,1H3. The zero-order valence-electron chi connectivity index (χ0n) is 16.5. The van der Waals surface area contributed by atoms with Crippen molar-refractivity contribution in [1.29, 1.82) is 0 Å². The summed E-state index contributed by atoms with van der Waals surface area (Å²) in [6.45, 7) is 2.28. The first kappa shape index (κ1) is 27.0. The van der Waals surface area contributed by atoms with E-state index in [1.54, 1.807) is 71.1 Å². The van der Waals surface area contributed by atoms with Crippen molar-refractivity contribution in [3.63, 3.8) is 0 Å². The Hall–Kier alpha value is 1.92. The third kappa shape index (κ3) is 17.3. The molecule has 0 aromatic carbocycles. The van der Waals surface area contributed by atoms with E-state index in [9.17, 15) is 4.79 Å². The molecule has 1 heterocycles. The Labute approximate surface area is 193 Å². The predicted octanol–water partition coefficient (Wildman–Crippen LogP) is 10.5. The molecule has 1 aliphatic rings. The van der Waals surface area contributed by atoms with Crippen molar-refractivity contribution < 1.29 is 4.79 Å². The summed E-state index contributed by atoms with van der Waals surface area (Å²) < 4.78 is 1.85. The second-order valence-electron chi connectivity index (χ2n) is 6.84. The quantitative estimate of drug-likeness (QED) is 0.116. The monoisotopic (exact) mass is 505 g/mol. The average Bonchev–Trinajstić information content (AvgIpc) is 2.64. The van der Waals surface area contributed by atoms with Crippen LogP contribution in [0, 0.1) is 0 Å². The van der Waals surface area contributed by atoms with E-state index >= 15 is 0 Å². The van der Waals surface area contributed by atoms with E-state index in [1.165, 1.54) is 89.9 Å². The van der Waals surface area contributed by atoms with Gasteiger partial charge in [-0.3, -0.25) is 4.79 Å². The molecule has 1 amide bonds. The zero-order chi connectivity index (χ0) is 19.4. The molecule has 0 aromatic heterocycles. The highest BCUT2D eigenvalue weighted by molar-refractivity contribution is 9.47. The van der Waals surface area contributed by atoms with Crippen LogP contribution in [0.25, 0.3) is 0 Å². The predicted molar refractivity (Wildman–Crippen MR) is 140 cm³/mol. The van der Waals surface area contributed by atoms with Crippen molar-refractivity contribution in [1.82, 2.24) is 3.71 Å². The molecule has 1 rings (SSSR count). The van der Waals surface area contributed by atoms with Gasteiger partial charge in [0.25, 0.3) is 0 Å². The Bertz CT molecular complexity index is 342. The summed E-state index contributed by atoms with van der Waals surface area (Å²) >= 11 is 0. The Balaban J connectivity index is 1.80. The molecule has 0 spiro atoms. The van der Waals surface area contributed by atoms with E-state index in [1.807, 2.05) is 3.71 Å². The number of rotatable bonds is 16. The summed E-state index contributed by atoms with van der Waals surface area (Å²) in [4.78, 5) is 12.2. The fourth-order valence-corrected chi connectivity index (χ4v) is 17.8. The molecular weight excluding hydrogens is 471 g/mol. The van der Waals surface area contributed by atoms with Crippen LogP contribution in [-0.4, -0.2) is 9.62 Å². The average molecular weight is 506 g/mol. The lowest BCUT2D eigenvalue weighted by Crippen LogP contribution is -2.14. The molecule has 0 bridgehead atoms. The van der Waals surface area contributed by atoms with Gasteiger partial charge in [-0.2, -0.15) is 0 Å². The number of nitrogens with zero attached hydrogens (tertiary/aromatic N) is 1. The van der Waals surface area contributed by atoms with Gasteiger partial charge in [-0.05, 0) is 6.42 Å². The lowest BCUT2D eigenvalue weighted by molar-refractivity contribution is -0.122. The minimum absolute atomic E-state index is 0.271. The third-order valence-electron chi connectivity index (χ3n) is 4.51. The van der Waals surface area contributed by atoms with Crippen molar-refractivity contribution in [2.75, 3.05) is 0 Å². The largest absolute Gasteiger partial charge is 0.273 e. The van der Waals surface area contributed by atoms with Crippen molar-refractivity contribution in [2.24, 2.45) is 0 Å². The summed E-state index contributed by atoms with van der Waals surface area (Å²) in [6, 6.07) is 0. The summed E-state index contributed by atoms with van der Waals surface area (Å²) in [6.07, 6.45) is 21.2. The van der Waals surface area contributed by atoms with Crippen LogP contribution in [-0.2, 0) is 4.79 Å². The van der Waals surface area contributed by atoms with E-state index < -0.39 is 0 Å². The smallest absolute Gasteiger partial charge is 0.244 e. The molecule has 1 aliphatic heterocycles. The normalized spacial score (nSPS) is 15.5. The maximum atomic E-state index is 12.2. The summed E-state index contributed by atoms with van der Waals surface area (Å²) in [7, 11) is 11.7. The number of amides is 1. The van der Waals surface area contributed by atoms with Crippen LogP contribution in [0.1, 0.15) is 110 Å². The van der Waals surface area contributed by atoms with Crippen LogP contribution in [0.2, 0.25) is 0 Å². The van der Waals surface area contributed by atoms with E-state index in [-0.39, 0.29) is 5.91 Å². The topological polar surface area (TPSA) is 20.3 Å². The highest BCUT2D eigenvalue weighted by Crippen LogP contribution is 2.61. The first-order valence-corrected chi connectivity index (χ1v) is 19.1. The van der Waals surface area contributed by atoms with Gasteiger partial charge in [-0.15, -0.1) is 0 Å². The van der Waals surface area contributed by atoms with Gasteiger partial charge in [-0.25, -0.2) is 3.71 Å². The zero-order valence-corrected chi connectivity index (χ0v) is 22.2. The van der Waals surface area contributed by atoms with Crippen LogP contribution >= 0.6 is 71.1 Å².